The van der Waals surface area contributed by atoms with Crippen molar-refractivity contribution in [3.05, 3.63) is 59.8 Å². The lowest BCUT2D eigenvalue weighted by Gasteiger charge is -2.40. The molecule has 0 bridgehead atoms. The van der Waals surface area contributed by atoms with Crippen LogP contribution in [-0.2, 0) is 6.54 Å². The van der Waals surface area contributed by atoms with Gasteiger partial charge in [0.15, 0.2) is 12.1 Å². The molecular weight excluding hydrogens is 288 g/mol. The lowest BCUT2D eigenvalue weighted by Crippen LogP contribution is -2.52. The van der Waals surface area contributed by atoms with Crippen molar-refractivity contribution >= 4 is 12.1 Å². The number of aromatic nitrogens is 1. The van der Waals surface area contributed by atoms with Gasteiger partial charge in [-0.15, -0.1) is 0 Å². The molecule has 0 aliphatic carbocycles. The fraction of sp³-hybridized carbons (Fsp3) is 0.333. The van der Waals surface area contributed by atoms with Crippen molar-refractivity contribution in [2.45, 2.75) is 6.54 Å². The zero-order valence-electron chi connectivity index (χ0n) is 13.4. The minimum atomic E-state index is 0.627. The largest absolute Gasteiger partial charge is 0.298 e. The van der Waals surface area contributed by atoms with Crippen molar-refractivity contribution in [3.8, 4) is 0 Å². The van der Waals surface area contributed by atoms with E-state index in [-0.39, 0.29) is 0 Å². The summed E-state index contributed by atoms with van der Waals surface area (Å²) in [5, 5.41) is 4.25. The predicted octanol–water partition coefficient (Wildman–Crippen LogP) is 2.06. The highest BCUT2D eigenvalue weighted by molar-refractivity contribution is 5.82. The first-order valence-corrected chi connectivity index (χ1v) is 7.93. The first-order valence-electron chi connectivity index (χ1n) is 7.93. The molecule has 0 radical (unpaired) electrons. The third-order valence-corrected chi connectivity index (χ3v) is 4.27. The van der Waals surface area contributed by atoms with Crippen LogP contribution >= 0.6 is 0 Å². The van der Waals surface area contributed by atoms with Crippen molar-refractivity contribution in [3.63, 3.8) is 0 Å². The van der Waals surface area contributed by atoms with Gasteiger partial charge in [0.1, 0.15) is 0 Å². The average molecular weight is 310 g/mol. The molecule has 1 aliphatic rings. The van der Waals surface area contributed by atoms with Gasteiger partial charge in [0.25, 0.3) is 0 Å². The van der Waals surface area contributed by atoms with Crippen molar-refractivity contribution in [1.29, 1.82) is 0 Å². The van der Waals surface area contributed by atoms with E-state index in [0.717, 1.165) is 44.8 Å². The molecule has 1 fully saturated rings. The number of rotatable bonds is 5. The normalized spacial score (nSPS) is 16.2. The number of hydrogen-bond acceptors (Lipinski definition) is 5. The smallest absolute Gasteiger partial charge is 0.153 e. The molecule has 23 heavy (non-hydrogen) atoms. The average Bonchev–Trinajstić information content (AvgIpc) is 2.62. The molecule has 1 aromatic heterocycles. The van der Waals surface area contributed by atoms with Gasteiger partial charge in [-0.25, -0.2) is 9.99 Å². The second-order valence-electron chi connectivity index (χ2n) is 5.77. The highest BCUT2D eigenvalue weighted by Crippen LogP contribution is 2.17. The van der Waals surface area contributed by atoms with Crippen molar-refractivity contribution in [2.75, 3.05) is 38.2 Å². The molecule has 0 spiro atoms. The lowest BCUT2D eigenvalue weighted by atomic mass is 10.2. The quantitative estimate of drug-likeness (QED) is 0.791. The molecule has 120 valence electrons. The Balaban J connectivity index is 1.59. The topological polar surface area (TPSA) is 39.7 Å². The molecule has 3 rings (SSSR count). The molecule has 5 heteroatoms. The zero-order valence-corrected chi connectivity index (χ0v) is 13.4. The van der Waals surface area contributed by atoms with E-state index in [2.05, 4.69) is 39.2 Å². The van der Waals surface area contributed by atoms with Gasteiger partial charge in [-0.05, 0) is 17.7 Å². The number of pyridine rings is 1. The van der Waals surface area contributed by atoms with Gasteiger partial charge in [0, 0.05) is 46.0 Å². The molecule has 0 unspecified atom stereocenters. The van der Waals surface area contributed by atoms with Crippen LogP contribution < -0.4 is 5.01 Å². The molecule has 1 aromatic carbocycles. The zero-order chi connectivity index (χ0) is 16.1. The molecule has 2 heterocycles. The number of aldehydes is 1. The Kier molecular flexibility index (Phi) is 5.00. The molecule has 0 N–H and O–H groups in total. The third kappa shape index (κ3) is 3.75. The van der Waals surface area contributed by atoms with Crippen molar-refractivity contribution in [1.82, 2.24) is 14.9 Å². The standard InChI is InChI=1S/C18H22N4O/c1-20(18-17(15-23)8-5-9-19-18)22-12-10-21(11-13-22)14-16-6-3-2-4-7-16/h2-9,15H,10-14H2,1H3. The maximum absolute atomic E-state index is 11.2. The minimum Gasteiger partial charge on any atom is -0.298 e. The van der Waals surface area contributed by atoms with E-state index in [1.54, 1.807) is 18.3 Å². The van der Waals surface area contributed by atoms with Crippen LogP contribution in [0.5, 0.6) is 0 Å². The van der Waals surface area contributed by atoms with Crippen LogP contribution in [-0.4, -0.2) is 54.4 Å². The molecular formula is C18H22N4O. The minimum absolute atomic E-state index is 0.627. The van der Waals surface area contributed by atoms with Crippen LogP contribution in [0.15, 0.2) is 48.7 Å². The number of carbonyl (C=O) groups is 1. The summed E-state index contributed by atoms with van der Waals surface area (Å²) in [5.74, 6) is 0.721. The van der Waals surface area contributed by atoms with Crippen molar-refractivity contribution in [2.24, 2.45) is 0 Å². The van der Waals surface area contributed by atoms with Gasteiger partial charge in [-0.3, -0.25) is 14.7 Å². The van der Waals surface area contributed by atoms with Gasteiger partial charge in [0.05, 0.1) is 5.56 Å². The first-order chi connectivity index (χ1) is 11.3. The van der Waals surface area contributed by atoms with Gasteiger partial charge in [-0.1, -0.05) is 30.3 Å². The van der Waals surface area contributed by atoms with Crippen LogP contribution in [0.2, 0.25) is 0 Å². The van der Waals surface area contributed by atoms with Crippen LogP contribution in [0, 0.1) is 0 Å². The van der Waals surface area contributed by atoms with Crippen LogP contribution in [0.25, 0.3) is 0 Å². The second-order valence-corrected chi connectivity index (χ2v) is 5.77. The van der Waals surface area contributed by atoms with E-state index in [1.165, 1.54) is 5.56 Å². The molecule has 1 saturated heterocycles. The SMILES string of the molecule is CN(c1ncccc1C=O)N1CCN(Cc2ccccc2)CC1. The maximum atomic E-state index is 11.2. The number of carbonyl (C=O) groups excluding carboxylic acids is 1. The Morgan fingerprint density at radius 2 is 1.83 bits per heavy atom. The van der Waals surface area contributed by atoms with Gasteiger partial charge >= 0.3 is 0 Å². The number of hydrogen-bond donors (Lipinski definition) is 0. The summed E-state index contributed by atoms with van der Waals surface area (Å²) in [6, 6.07) is 14.2. The number of piperazine rings is 1. The fourth-order valence-corrected chi connectivity index (χ4v) is 2.94. The summed E-state index contributed by atoms with van der Waals surface area (Å²) in [7, 11) is 1.97. The number of hydrazine groups is 1. The van der Waals surface area contributed by atoms with E-state index in [0.29, 0.717) is 5.56 Å². The van der Waals surface area contributed by atoms with E-state index in [1.807, 2.05) is 18.1 Å². The van der Waals surface area contributed by atoms with Crippen molar-refractivity contribution < 1.29 is 4.79 Å². The number of nitrogens with zero attached hydrogens (tertiary/aromatic N) is 4. The molecule has 0 saturated carbocycles. The maximum Gasteiger partial charge on any atom is 0.153 e. The van der Waals surface area contributed by atoms with Crippen LogP contribution in [0.3, 0.4) is 0 Å². The third-order valence-electron chi connectivity index (χ3n) is 4.27. The Hall–Kier alpha value is -2.24. The number of benzene rings is 1. The van der Waals surface area contributed by atoms with E-state index >= 15 is 0 Å². The molecule has 0 amide bonds. The monoisotopic (exact) mass is 310 g/mol. The first kappa shape index (κ1) is 15.6. The Morgan fingerprint density at radius 3 is 2.52 bits per heavy atom. The van der Waals surface area contributed by atoms with E-state index < -0.39 is 0 Å². The summed E-state index contributed by atoms with van der Waals surface area (Å²) in [5.41, 5.74) is 1.98. The highest BCUT2D eigenvalue weighted by atomic mass is 16.1. The summed E-state index contributed by atoms with van der Waals surface area (Å²) < 4.78 is 0. The lowest BCUT2D eigenvalue weighted by molar-refractivity contribution is 0.111. The van der Waals surface area contributed by atoms with E-state index in [4.69, 9.17) is 0 Å². The Bertz CT molecular complexity index is 638. The van der Waals surface area contributed by atoms with Gasteiger partial charge in [-0.2, -0.15) is 0 Å². The van der Waals surface area contributed by atoms with Crippen LogP contribution in [0.4, 0.5) is 5.82 Å². The number of anilines is 1. The summed E-state index contributed by atoms with van der Waals surface area (Å²) >= 11 is 0. The highest BCUT2D eigenvalue weighted by Gasteiger charge is 2.22. The Labute approximate surface area is 137 Å². The molecule has 1 aliphatic heterocycles. The predicted molar refractivity (Wildman–Crippen MR) is 91.3 cm³/mol. The molecule has 0 atom stereocenters. The Morgan fingerprint density at radius 1 is 1.09 bits per heavy atom. The van der Waals surface area contributed by atoms with Gasteiger partial charge < -0.3 is 0 Å². The summed E-state index contributed by atoms with van der Waals surface area (Å²) in [6.45, 7) is 4.85. The second kappa shape index (κ2) is 7.35. The fourth-order valence-electron chi connectivity index (χ4n) is 2.94. The summed E-state index contributed by atoms with van der Waals surface area (Å²) in [4.78, 5) is 18.0. The molecule has 2 aromatic rings. The van der Waals surface area contributed by atoms with Crippen LogP contribution in [0.1, 0.15) is 15.9 Å². The van der Waals surface area contributed by atoms with E-state index in [9.17, 15) is 4.79 Å². The molecule has 5 nitrogen and oxygen atoms in total. The summed E-state index contributed by atoms with van der Waals surface area (Å²) in [6.07, 6.45) is 2.59. The van der Waals surface area contributed by atoms with Gasteiger partial charge in [0.2, 0.25) is 0 Å².